The van der Waals surface area contributed by atoms with Gasteiger partial charge in [0, 0.05) is 17.9 Å². The minimum Gasteiger partial charge on any atom is -0.294 e. The van der Waals surface area contributed by atoms with Crippen LogP contribution in [0.5, 0.6) is 0 Å². The van der Waals surface area contributed by atoms with E-state index in [1.807, 2.05) is 6.07 Å². The van der Waals surface area contributed by atoms with Gasteiger partial charge in [0.25, 0.3) is 0 Å². The molecule has 2 aromatic rings. The van der Waals surface area contributed by atoms with Gasteiger partial charge in [0.1, 0.15) is 12.7 Å². The second-order valence-electron chi connectivity index (χ2n) is 4.07. The molecule has 0 fully saturated rings. The van der Waals surface area contributed by atoms with E-state index < -0.39 is 0 Å². The van der Waals surface area contributed by atoms with Crippen molar-refractivity contribution in [2.45, 2.75) is 13.3 Å². The van der Waals surface area contributed by atoms with Crippen LogP contribution in [-0.4, -0.2) is 26.5 Å². The van der Waals surface area contributed by atoms with E-state index in [0.717, 1.165) is 4.68 Å². The molecule has 1 aromatic heterocycles. The zero-order valence-corrected chi connectivity index (χ0v) is 9.98. The Morgan fingerprint density at radius 3 is 2.61 bits per heavy atom. The highest BCUT2D eigenvalue weighted by atomic mass is 16.2. The van der Waals surface area contributed by atoms with E-state index in [-0.39, 0.29) is 24.0 Å². The van der Waals surface area contributed by atoms with Crippen molar-refractivity contribution in [3.05, 3.63) is 48.5 Å². The van der Waals surface area contributed by atoms with Gasteiger partial charge in [-0.25, -0.2) is 4.98 Å². The summed E-state index contributed by atoms with van der Waals surface area (Å²) < 4.78 is 1.15. The van der Waals surface area contributed by atoms with Crippen LogP contribution >= 0.6 is 0 Å². The smallest absolute Gasteiger partial charge is 0.249 e. The van der Waals surface area contributed by atoms with E-state index in [2.05, 4.69) is 10.1 Å². The van der Waals surface area contributed by atoms with E-state index in [4.69, 9.17) is 0 Å². The molecule has 18 heavy (non-hydrogen) atoms. The highest BCUT2D eigenvalue weighted by Crippen LogP contribution is 2.12. The number of Topliss-reactive ketones (excluding diaryl/α,β-unsaturated/α-hetero) is 1. The molecule has 0 saturated carbocycles. The number of ketones is 1. The first kappa shape index (κ1) is 12.2. The Balaban J connectivity index is 2.02. The molecule has 1 unspecified atom stereocenters. The summed E-state index contributed by atoms with van der Waals surface area (Å²) in [6.07, 6.45) is 2.75. The molecule has 0 N–H and O–H groups in total. The van der Waals surface area contributed by atoms with Gasteiger partial charge in [-0.1, -0.05) is 37.3 Å². The van der Waals surface area contributed by atoms with Crippen LogP contribution in [0.3, 0.4) is 0 Å². The quantitative estimate of drug-likeness (QED) is 0.768. The number of carbonyl (C=O) groups excluding carboxylic acids is 2. The maximum Gasteiger partial charge on any atom is 0.249 e. The summed E-state index contributed by atoms with van der Waals surface area (Å²) in [6.45, 7) is 1.74. The third-order valence-electron chi connectivity index (χ3n) is 2.66. The Labute approximate surface area is 104 Å². The van der Waals surface area contributed by atoms with Crippen molar-refractivity contribution in [3.63, 3.8) is 0 Å². The fourth-order valence-electron chi connectivity index (χ4n) is 1.67. The molecular weight excluding hydrogens is 230 g/mol. The maximum atomic E-state index is 12.1. The lowest BCUT2D eigenvalue weighted by atomic mass is 9.96. The summed E-state index contributed by atoms with van der Waals surface area (Å²) in [5.41, 5.74) is 0.622. The second-order valence-corrected chi connectivity index (χ2v) is 4.07. The van der Waals surface area contributed by atoms with Gasteiger partial charge in [0.2, 0.25) is 5.91 Å². The molecule has 92 valence electrons. The Morgan fingerprint density at radius 2 is 2.00 bits per heavy atom. The fourth-order valence-corrected chi connectivity index (χ4v) is 1.67. The first-order valence-corrected chi connectivity index (χ1v) is 5.65. The number of hydrogen-bond acceptors (Lipinski definition) is 4. The Hall–Kier alpha value is -2.30. The molecule has 0 radical (unpaired) electrons. The normalized spacial score (nSPS) is 12.1. The van der Waals surface area contributed by atoms with Gasteiger partial charge in [-0.2, -0.15) is 9.78 Å². The highest BCUT2D eigenvalue weighted by Gasteiger charge is 2.19. The predicted octanol–water partition coefficient (Wildman–Crippen LogP) is 1.83. The number of carbonyl (C=O) groups is 2. The van der Waals surface area contributed by atoms with Crippen molar-refractivity contribution >= 4 is 11.7 Å². The third kappa shape index (κ3) is 2.68. The summed E-state index contributed by atoms with van der Waals surface area (Å²) >= 11 is 0. The summed E-state index contributed by atoms with van der Waals surface area (Å²) in [5.74, 6) is -0.641. The van der Waals surface area contributed by atoms with E-state index in [1.165, 1.54) is 12.7 Å². The van der Waals surface area contributed by atoms with Gasteiger partial charge >= 0.3 is 0 Å². The summed E-state index contributed by atoms with van der Waals surface area (Å²) in [6, 6.07) is 8.96. The average molecular weight is 243 g/mol. The van der Waals surface area contributed by atoms with Gasteiger partial charge in [-0.3, -0.25) is 9.59 Å². The molecule has 0 aliphatic heterocycles. The van der Waals surface area contributed by atoms with Crippen LogP contribution in [0.15, 0.2) is 43.0 Å². The second kappa shape index (κ2) is 5.35. The van der Waals surface area contributed by atoms with Gasteiger partial charge < -0.3 is 0 Å². The molecule has 1 atom stereocenters. The summed E-state index contributed by atoms with van der Waals surface area (Å²) in [7, 11) is 0. The van der Waals surface area contributed by atoms with Crippen molar-refractivity contribution in [1.29, 1.82) is 0 Å². The topological polar surface area (TPSA) is 64.8 Å². The molecule has 5 heteroatoms. The molecule has 0 aliphatic carbocycles. The molecule has 0 aliphatic rings. The largest absolute Gasteiger partial charge is 0.294 e. The number of aromatic nitrogens is 3. The lowest BCUT2D eigenvalue weighted by Gasteiger charge is -2.09. The minimum atomic E-state index is -0.371. The zero-order chi connectivity index (χ0) is 13.0. The maximum absolute atomic E-state index is 12.1. The molecule has 1 aromatic carbocycles. The molecule has 0 amide bonds. The number of benzene rings is 1. The highest BCUT2D eigenvalue weighted by molar-refractivity contribution is 5.99. The standard InChI is InChI=1S/C13H13N3O2/c1-10(7-12(17)16-9-14-8-15-16)13(18)11-5-3-2-4-6-11/h2-6,8-10H,7H2,1H3. The van der Waals surface area contributed by atoms with Crippen LogP contribution < -0.4 is 0 Å². The SMILES string of the molecule is CC(CC(=O)n1cncn1)C(=O)c1ccccc1. The number of rotatable bonds is 4. The molecule has 2 rings (SSSR count). The van der Waals surface area contributed by atoms with Gasteiger partial charge in [-0.15, -0.1) is 0 Å². The summed E-state index contributed by atoms with van der Waals surface area (Å²) in [4.78, 5) is 27.5. The van der Waals surface area contributed by atoms with Crippen molar-refractivity contribution < 1.29 is 9.59 Å². The molecular formula is C13H13N3O2. The van der Waals surface area contributed by atoms with Crippen LogP contribution in [-0.2, 0) is 0 Å². The van der Waals surface area contributed by atoms with Gasteiger partial charge in [0.15, 0.2) is 5.78 Å². The Kier molecular flexibility index (Phi) is 3.62. The number of nitrogens with zero attached hydrogens (tertiary/aromatic N) is 3. The van der Waals surface area contributed by atoms with Crippen molar-refractivity contribution in [3.8, 4) is 0 Å². The zero-order valence-electron chi connectivity index (χ0n) is 9.98. The molecule has 0 bridgehead atoms. The van der Waals surface area contributed by atoms with Crippen molar-refractivity contribution in [2.75, 3.05) is 0 Å². The van der Waals surface area contributed by atoms with Crippen molar-refractivity contribution in [1.82, 2.24) is 14.8 Å². The van der Waals surface area contributed by atoms with Crippen LogP contribution in [0.2, 0.25) is 0 Å². The predicted molar refractivity (Wildman–Crippen MR) is 65.2 cm³/mol. The molecule has 5 nitrogen and oxygen atoms in total. The average Bonchev–Trinajstić information content (AvgIpc) is 2.92. The van der Waals surface area contributed by atoms with Crippen LogP contribution in [0.1, 0.15) is 28.5 Å². The lowest BCUT2D eigenvalue weighted by molar-refractivity contribution is 0.0808. The van der Waals surface area contributed by atoms with Gasteiger partial charge in [-0.05, 0) is 0 Å². The van der Waals surface area contributed by atoms with Gasteiger partial charge in [0.05, 0.1) is 0 Å². The monoisotopic (exact) mass is 243 g/mol. The molecule has 0 spiro atoms. The first-order chi connectivity index (χ1) is 8.68. The van der Waals surface area contributed by atoms with Crippen LogP contribution in [0, 0.1) is 5.92 Å². The van der Waals surface area contributed by atoms with E-state index in [0.29, 0.717) is 5.56 Å². The number of hydrogen-bond donors (Lipinski definition) is 0. The lowest BCUT2D eigenvalue weighted by Crippen LogP contribution is -2.20. The Morgan fingerprint density at radius 1 is 1.28 bits per heavy atom. The first-order valence-electron chi connectivity index (χ1n) is 5.65. The third-order valence-corrected chi connectivity index (χ3v) is 2.66. The van der Waals surface area contributed by atoms with E-state index >= 15 is 0 Å². The molecule has 1 heterocycles. The van der Waals surface area contributed by atoms with Crippen molar-refractivity contribution in [2.24, 2.45) is 5.92 Å². The van der Waals surface area contributed by atoms with Crippen LogP contribution in [0.25, 0.3) is 0 Å². The van der Waals surface area contributed by atoms with E-state index in [1.54, 1.807) is 31.2 Å². The summed E-state index contributed by atoms with van der Waals surface area (Å²) in [5, 5.41) is 3.75. The Bertz CT molecular complexity index is 535. The van der Waals surface area contributed by atoms with Crippen LogP contribution in [0.4, 0.5) is 0 Å². The minimum absolute atomic E-state index is 0.0379. The fraction of sp³-hybridized carbons (Fsp3) is 0.231. The van der Waals surface area contributed by atoms with E-state index in [9.17, 15) is 9.59 Å². The molecule has 0 saturated heterocycles.